The van der Waals surface area contributed by atoms with Crippen molar-refractivity contribution in [3.05, 3.63) is 17.5 Å². The fraction of sp³-hybridized carbons (Fsp3) is 0.750. The fourth-order valence-corrected chi connectivity index (χ4v) is 2.38. The van der Waals surface area contributed by atoms with E-state index in [1.54, 1.807) is 13.1 Å². The first-order chi connectivity index (χ1) is 7.35. The van der Waals surface area contributed by atoms with Gasteiger partial charge in [-0.25, -0.2) is 0 Å². The summed E-state index contributed by atoms with van der Waals surface area (Å²) in [5, 5.41) is 4.10. The number of hydrogen-bond donors (Lipinski definition) is 0. The Morgan fingerprint density at radius 1 is 1.44 bits per heavy atom. The molecule has 0 aliphatic heterocycles. The highest BCUT2D eigenvalue weighted by Gasteiger charge is 2.52. The summed E-state index contributed by atoms with van der Waals surface area (Å²) in [5.74, 6) is -3.14. The number of fused-ring (bicyclic) bond motifs is 1. The summed E-state index contributed by atoms with van der Waals surface area (Å²) >= 11 is 0. The Balaban J connectivity index is 2.46. The molecular formula is C12H18F2N2. The monoisotopic (exact) mass is 228 g/mol. The molecule has 2 atom stereocenters. The van der Waals surface area contributed by atoms with E-state index >= 15 is 0 Å². The van der Waals surface area contributed by atoms with Crippen LogP contribution in [-0.2, 0) is 12.5 Å². The normalized spacial score (nSPS) is 27.4. The van der Waals surface area contributed by atoms with Crippen molar-refractivity contribution in [2.45, 2.75) is 46.1 Å². The molecule has 2 nitrogen and oxygen atoms in total. The van der Waals surface area contributed by atoms with Crippen molar-refractivity contribution in [1.29, 1.82) is 0 Å². The van der Waals surface area contributed by atoms with Crippen LogP contribution in [0.1, 0.15) is 44.9 Å². The van der Waals surface area contributed by atoms with E-state index < -0.39 is 11.8 Å². The maximum atomic E-state index is 14.1. The molecule has 1 aliphatic carbocycles. The Labute approximate surface area is 94.6 Å². The Hall–Kier alpha value is -0.930. The van der Waals surface area contributed by atoms with Crippen LogP contribution in [0.5, 0.6) is 0 Å². The lowest BCUT2D eigenvalue weighted by atomic mass is 9.96. The van der Waals surface area contributed by atoms with Crippen molar-refractivity contribution in [2.24, 2.45) is 11.8 Å². The Morgan fingerprint density at radius 3 is 2.62 bits per heavy atom. The molecule has 1 heterocycles. The van der Waals surface area contributed by atoms with Crippen LogP contribution in [0.25, 0.3) is 0 Å². The topological polar surface area (TPSA) is 17.8 Å². The van der Waals surface area contributed by atoms with Crippen LogP contribution in [-0.4, -0.2) is 9.78 Å². The van der Waals surface area contributed by atoms with E-state index in [1.807, 2.05) is 20.8 Å². The molecule has 4 heteroatoms. The second kappa shape index (κ2) is 3.54. The summed E-state index contributed by atoms with van der Waals surface area (Å²) in [6, 6.07) is 0. The van der Waals surface area contributed by atoms with Gasteiger partial charge in [-0.15, -0.1) is 0 Å². The van der Waals surface area contributed by atoms with Crippen LogP contribution in [0, 0.1) is 11.8 Å². The van der Waals surface area contributed by atoms with Crippen molar-refractivity contribution in [2.75, 3.05) is 0 Å². The molecule has 0 radical (unpaired) electrons. The number of hydrogen-bond acceptors (Lipinski definition) is 1. The predicted molar refractivity (Wildman–Crippen MR) is 58.5 cm³/mol. The van der Waals surface area contributed by atoms with E-state index in [4.69, 9.17) is 0 Å². The fourth-order valence-electron chi connectivity index (χ4n) is 2.38. The average Bonchev–Trinajstić information content (AvgIpc) is 2.64. The lowest BCUT2D eigenvalue weighted by Gasteiger charge is -2.20. The Bertz CT molecular complexity index is 396. The number of rotatable bonds is 2. The van der Waals surface area contributed by atoms with Gasteiger partial charge in [0.25, 0.3) is 5.92 Å². The van der Waals surface area contributed by atoms with Crippen molar-refractivity contribution in [3.63, 3.8) is 0 Å². The highest BCUT2D eigenvalue weighted by molar-refractivity contribution is 5.34. The number of aromatic nitrogens is 2. The van der Waals surface area contributed by atoms with E-state index in [9.17, 15) is 8.78 Å². The van der Waals surface area contributed by atoms with E-state index in [2.05, 4.69) is 5.10 Å². The van der Waals surface area contributed by atoms with Crippen LogP contribution < -0.4 is 0 Å². The van der Waals surface area contributed by atoms with Crippen LogP contribution in [0.2, 0.25) is 0 Å². The van der Waals surface area contributed by atoms with Gasteiger partial charge in [0.1, 0.15) is 5.69 Å². The molecule has 1 aromatic rings. The van der Waals surface area contributed by atoms with Crippen molar-refractivity contribution < 1.29 is 8.78 Å². The van der Waals surface area contributed by atoms with Gasteiger partial charge in [-0.05, 0) is 11.8 Å². The molecule has 1 unspecified atom stereocenters. The van der Waals surface area contributed by atoms with E-state index in [0.717, 1.165) is 5.56 Å². The minimum Gasteiger partial charge on any atom is -0.263 e. The first-order valence-electron chi connectivity index (χ1n) is 5.79. The van der Waals surface area contributed by atoms with Crippen LogP contribution in [0.15, 0.2) is 6.20 Å². The number of nitrogens with zero attached hydrogens (tertiary/aromatic N) is 2. The molecule has 1 aliphatic rings. The highest BCUT2D eigenvalue weighted by atomic mass is 19.3. The zero-order valence-corrected chi connectivity index (χ0v) is 10.2. The molecule has 1 aromatic heterocycles. The predicted octanol–water partition coefficient (Wildman–Crippen LogP) is 3.38. The highest BCUT2D eigenvalue weighted by Crippen LogP contribution is 2.52. The molecule has 0 aromatic carbocycles. The first kappa shape index (κ1) is 11.6. The van der Waals surface area contributed by atoms with Crippen LogP contribution in [0.3, 0.4) is 0 Å². The second-order valence-corrected chi connectivity index (χ2v) is 5.22. The molecule has 0 N–H and O–H groups in total. The summed E-state index contributed by atoms with van der Waals surface area (Å²) < 4.78 is 29.6. The Morgan fingerprint density at radius 2 is 2.06 bits per heavy atom. The summed E-state index contributed by atoms with van der Waals surface area (Å²) in [7, 11) is 0. The van der Waals surface area contributed by atoms with Gasteiger partial charge in [-0.3, -0.25) is 4.68 Å². The maximum Gasteiger partial charge on any atom is 0.292 e. The summed E-state index contributed by atoms with van der Waals surface area (Å²) in [6.45, 7) is 8.04. The minimum absolute atomic E-state index is 0.106. The van der Waals surface area contributed by atoms with E-state index in [-0.39, 0.29) is 11.6 Å². The molecule has 0 amide bonds. The SMILES string of the molecule is CC(C)Cn1ncc2c1C(F)(F)[C@@H](C)C2C. The van der Waals surface area contributed by atoms with Gasteiger partial charge < -0.3 is 0 Å². The largest absolute Gasteiger partial charge is 0.292 e. The maximum absolute atomic E-state index is 14.1. The van der Waals surface area contributed by atoms with Gasteiger partial charge in [-0.2, -0.15) is 13.9 Å². The molecule has 0 saturated carbocycles. The van der Waals surface area contributed by atoms with Gasteiger partial charge in [0.2, 0.25) is 0 Å². The van der Waals surface area contributed by atoms with Gasteiger partial charge in [0.05, 0.1) is 6.20 Å². The van der Waals surface area contributed by atoms with Gasteiger partial charge >= 0.3 is 0 Å². The third-order valence-electron chi connectivity index (χ3n) is 3.53. The van der Waals surface area contributed by atoms with Crippen LogP contribution in [0.4, 0.5) is 8.78 Å². The molecule has 0 spiro atoms. The average molecular weight is 228 g/mol. The first-order valence-corrected chi connectivity index (χ1v) is 5.79. The van der Waals surface area contributed by atoms with E-state index in [0.29, 0.717) is 12.5 Å². The molecule has 0 saturated heterocycles. The van der Waals surface area contributed by atoms with Gasteiger partial charge in [-0.1, -0.05) is 27.7 Å². The lowest BCUT2D eigenvalue weighted by molar-refractivity contribution is -0.0591. The third-order valence-corrected chi connectivity index (χ3v) is 3.53. The smallest absolute Gasteiger partial charge is 0.263 e. The molecule has 90 valence electrons. The number of halogens is 2. The Kier molecular flexibility index (Phi) is 2.55. The van der Waals surface area contributed by atoms with Gasteiger partial charge in [0, 0.05) is 18.0 Å². The lowest BCUT2D eigenvalue weighted by Crippen LogP contribution is -2.24. The van der Waals surface area contributed by atoms with Crippen molar-refractivity contribution in [3.8, 4) is 0 Å². The van der Waals surface area contributed by atoms with Crippen molar-refractivity contribution >= 4 is 0 Å². The standard InChI is InChI=1S/C12H18F2N2/c1-7(2)6-16-11-10(5-15-16)8(3)9(4)12(11,13)14/h5,7-9H,6H2,1-4H3/t8?,9-/m0/s1. The molecular weight excluding hydrogens is 210 g/mol. The zero-order valence-electron chi connectivity index (χ0n) is 10.2. The minimum atomic E-state index is -2.74. The van der Waals surface area contributed by atoms with Crippen LogP contribution >= 0.6 is 0 Å². The molecule has 0 fully saturated rings. The third kappa shape index (κ3) is 1.46. The molecule has 16 heavy (non-hydrogen) atoms. The summed E-state index contributed by atoms with van der Waals surface area (Å²) in [6.07, 6.45) is 1.61. The van der Waals surface area contributed by atoms with Crippen molar-refractivity contribution in [1.82, 2.24) is 9.78 Å². The zero-order chi connectivity index (χ0) is 12.1. The quantitative estimate of drug-likeness (QED) is 0.758. The molecule has 0 bridgehead atoms. The van der Waals surface area contributed by atoms with E-state index in [1.165, 1.54) is 4.68 Å². The van der Waals surface area contributed by atoms with Gasteiger partial charge in [0.15, 0.2) is 0 Å². The second-order valence-electron chi connectivity index (χ2n) is 5.22. The summed E-state index contributed by atoms with van der Waals surface area (Å²) in [5.41, 5.74) is 0.861. The molecule has 2 rings (SSSR count). The summed E-state index contributed by atoms with van der Waals surface area (Å²) in [4.78, 5) is 0. The number of alkyl halides is 2.